The molecule has 5 N–H and O–H groups in total. The molecule has 0 spiro atoms. The van der Waals surface area contributed by atoms with Crippen molar-refractivity contribution in [2.24, 2.45) is 11.3 Å². The van der Waals surface area contributed by atoms with Crippen molar-refractivity contribution in [2.75, 3.05) is 37.7 Å². The summed E-state index contributed by atoms with van der Waals surface area (Å²) in [4.78, 5) is 29.7. The lowest BCUT2D eigenvalue weighted by Crippen LogP contribution is -2.38. The molecule has 0 aliphatic carbocycles. The highest BCUT2D eigenvalue weighted by Gasteiger charge is 2.22. The van der Waals surface area contributed by atoms with Crippen LogP contribution in [-0.4, -0.2) is 52.0 Å². The molecule has 1 aliphatic rings. The van der Waals surface area contributed by atoms with Gasteiger partial charge in [-0.1, -0.05) is 26.8 Å². The Bertz CT molecular complexity index is 1170. The van der Waals surface area contributed by atoms with Gasteiger partial charge in [0.1, 0.15) is 16.4 Å². The van der Waals surface area contributed by atoms with Crippen molar-refractivity contribution in [3.63, 3.8) is 0 Å². The second-order valence-corrected chi connectivity index (χ2v) is 11.6. The number of hydrogen-bond acceptors (Lipinski definition) is 9. The number of rotatable bonds is 8. The first-order valence-corrected chi connectivity index (χ1v) is 13.0. The number of ether oxygens (including phenoxy) is 1. The Morgan fingerprint density at radius 1 is 1.22 bits per heavy atom. The number of amides is 1. The minimum Gasteiger partial charge on any atom is -0.476 e. The number of hydrogen-bond donors (Lipinski definition) is 3. The summed E-state index contributed by atoms with van der Waals surface area (Å²) in [6, 6.07) is 7.37. The van der Waals surface area contributed by atoms with Crippen molar-refractivity contribution in [2.45, 2.75) is 40.2 Å². The van der Waals surface area contributed by atoms with E-state index in [2.05, 4.69) is 25.2 Å². The molecule has 4 heterocycles. The number of carbonyl (C=O) groups is 1. The minimum absolute atomic E-state index is 0.0720. The molecule has 0 atom stereocenters. The number of piperidine rings is 1. The van der Waals surface area contributed by atoms with E-state index in [-0.39, 0.29) is 28.6 Å². The summed E-state index contributed by atoms with van der Waals surface area (Å²) in [5.74, 6) is 0.354. The van der Waals surface area contributed by atoms with Crippen LogP contribution in [0.4, 0.5) is 11.4 Å². The standard InChI is InChI=1S/C26H35N7O2S/c1-26(2,3)16-35-24-22(28)19(27)12-21(32-24)23(34)30-13-17-7-10-33(11-8-17)15-18-14-31-25(36-18)20-6-4-5-9-29-20/h4-6,9,12,14,17H,7-8,10-11,13,15-16,28H2,1-3H3,(H2,27,32)(H,30,34). The zero-order valence-corrected chi connectivity index (χ0v) is 22.0. The molecule has 10 heteroatoms. The average molecular weight is 510 g/mol. The first kappa shape index (κ1) is 25.8. The molecular formula is C26H35N7O2S. The molecule has 0 radical (unpaired) electrons. The van der Waals surface area contributed by atoms with Crippen LogP contribution in [0.1, 0.15) is 49.0 Å². The number of thiazole rings is 1. The lowest BCUT2D eigenvalue weighted by molar-refractivity contribution is 0.0929. The van der Waals surface area contributed by atoms with Crippen LogP contribution in [0.25, 0.3) is 10.7 Å². The largest absolute Gasteiger partial charge is 0.476 e. The van der Waals surface area contributed by atoms with Gasteiger partial charge in [0.2, 0.25) is 5.88 Å². The van der Waals surface area contributed by atoms with Gasteiger partial charge in [-0.25, -0.2) is 9.97 Å². The molecular weight excluding hydrogens is 474 g/mol. The third-order valence-electron chi connectivity index (χ3n) is 6.01. The zero-order chi connectivity index (χ0) is 25.7. The maximum absolute atomic E-state index is 12.8. The van der Waals surface area contributed by atoms with Gasteiger partial charge in [-0.15, -0.1) is 11.3 Å². The van der Waals surface area contributed by atoms with Gasteiger partial charge in [0.25, 0.3) is 5.91 Å². The number of anilines is 2. The summed E-state index contributed by atoms with van der Waals surface area (Å²) in [5, 5.41) is 3.97. The van der Waals surface area contributed by atoms with Crippen LogP contribution in [0.5, 0.6) is 5.88 Å². The van der Waals surface area contributed by atoms with Gasteiger partial charge in [0.15, 0.2) is 0 Å². The van der Waals surface area contributed by atoms with Crippen molar-refractivity contribution in [3.05, 3.63) is 47.2 Å². The van der Waals surface area contributed by atoms with Gasteiger partial charge < -0.3 is 21.5 Å². The van der Waals surface area contributed by atoms with Crippen LogP contribution in [0.2, 0.25) is 0 Å². The van der Waals surface area contributed by atoms with Gasteiger partial charge in [0, 0.05) is 30.4 Å². The van der Waals surface area contributed by atoms with Crippen LogP contribution >= 0.6 is 11.3 Å². The van der Waals surface area contributed by atoms with Crippen LogP contribution < -0.4 is 21.5 Å². The monoisotopic (exact) mass is 509 g/mol. The summed E-state index contributed by atoms with van der Waals surface area (Å²) in [6.07, 6.45) is 5.77. The van der Waals surface area contributed by atoms with Crippen LogP contribution in [0, 0.1) is 11.3 Å². The minimum atomic E-state index is -0.267. The number of nitrogens with one attached hydrogen (secondary N) is 1. The van der Waals surface area contributed by atoms with E-state index in [9.17, 15) is 4.79 Å². The molecule has 1 amide bonds. The molecule has 9 nitrogen and oxygen atoms in total. The Morgan fingerprint density at radius 3 is 2.69 bits per heavy atom. The number of likely N-dealkylation sites (tertiary alicyclic amines) is 1. The third kappa shape index (κ3) is 6.92. The summed E-state index contributed by atoms with van der Waals surface area (Å²) in [6.45, 7) is 10.0. The van der Waals surface area contributed by atoms with Gasteiger partial charge in [-0.3, -0.25) is 14.7 Å². The molecule has 3 aromatic heterocycles. The van der Waals surface area contributed by atoms with Crippen molar-refractivity contribution < 1.29 is 9.53 Å². The summed E-state index contributed by atoms with van der Waals surface area (Å²) in [5.41, 5.74) is 13.6. The highest BCUT2D eigenvalue weighted by molar-refractivity contribution is 7.14. The first-order chi connectivity index (χ1) is 17.2. The molecule has 4 rings (SSSR count). The quantitative estimate of drug-likeness (QED) is 0.417. The number of aromatic nitrogens is 3. The molecule has 0 unspecified atom stereocenters. The van der Waals surface area contributed by atoms with Gasteiger partial charge in [-0.05, 0) is 55.5 Å². The van der Waals surface area contributed by atoms with Crippen LogP contribution in [0.3, 0.4) is 0 Å². The zero-order valence-electron chi connectivity index (χ0n) is 21.2. The van der Waals surface area contributed by atoms with E-state index in [1.165, 1.54) is 10.9 Å². The molecule has 0 aromatic carbocycles. The highest BCUT2D eigenvalue weighted by atomic mass is 32.1. The maximum Gasteiger partial charge on any atom is 0.270 e. The van der Waals surface area contributed by atoms with E-state index in [1.54, 1.807) is 17.5 Å². The summed E-state index contributed by atoms with van der Waals surface area (Å²) < 4.78 is 5.75. The van der Waals surface area contributed by atoms with Crippen LogP contribution in [0.15, 0.2) is 36.7 Å². The van der Waals surface area contributed by atoms with E-state index in [0.717, 1.165) is 43.2 Å². The van der Waals surface area contributed by atoms with E-state index in [0.29, 0.717) is 24.8 Å². The Morgan fingerprint density at radius 2 is 2.00 bits per heavy atom. The molecule has 1 saturated heterocycles. The smallest absolute Gasteiger partial charge is 0.270 e. The van der Waals surface area contributed by atoms with Gasteiger partial charge in [0.05, 0.1) is 18.0 Å². The summed E-state index contributed by atoms with van der Waals surface area (Å²) >= 11 is 1.69. The Labute approximate surface area is 216 Å². The molecule has 192 valence electrons. The fourth-order valence-corrected chi connectivity index (χ4v) is 4.88. The van der Waals surface area contributed by atoms with E-state index in [1.807, 2.05) is 45.2 Å². The lowest BCUT2D eigenvalue weighted by atomic mass is 9.96. The number of nitrogen functional groups attached to an aromatic ring is 2. The SMILES string of the molecule is CC(C)(C)COc1nc(C(=O)NCC2CCN(Cc3cnc(-c4ccccn4)s3)CC2)cc(N)c1N. The second-order valence-electron chi connectivity index (χ2n) is 10.4. The number of carbonyl (C=O) groups excluding carboxylic acids is 1. The highest BCUT2D eigenvalue weighted by Crippen LogP contribution is 2.28. The van der Waals surface area contributed by atoms with Crippen molar-refractivity contribution in [1.29, 1.82) is 0 Å². The predicted molar refractivity (Wildman–Crippen MR) is 144 cm³/mol. The lowest BCUT2D eigenvalue weighted by Gasteiger charge is -2.31. The molecule has 1 aliphatic heterocycles. The molecule has 36 heavy (non-hydrogen) atoms. The Hall–Kier alpha value is -3.24. The topological polar surface area (TPSA) is 132 Å². The number of pyridine rings is 2. The summed E-state index contributed by atoms with van der Waals surface area (Å²) in [7, 11) is 0. The van der Waals surface area contributed by atoms with Crippen molar-refractivity contribution in [1.82, 2.24) is 25.2 Å². The van der Waals surface area contributed by atoms with Crippen molar-refractivity contribution in [3.8, 4) is 16.6 Å². The van der Waals surface area contributed by atoms with Crippen molar-refractivity contribution >= 4 is 28.6 Å². The van der Waals surface area contributed by atoms with Crippen LogP contribution in [-0.2, 0) is 6.54 Å². The predicted octanol–water partition coefficient (Wildman–Crippen LogP) is 3.83. The normalized spacial score (nSPS) is 15.1. The molecule has 0 saturated carbocycles. The van der Waals surface area contributed by atoms with E-state index in [4.69, 9.17) is 16.2 Å². The second kappa shape index (κ2) is 11.2. The number of nitrogens with zero attached hydrogens (tertiary/aromatic N) is 4. The molecule has 0 bridgehead atoms. The Kier molecular flexibility index (Phi) is 8.05. The third-order valence-corrected chi connectivity index (χ3v) is 7.01. The number of nitrogens with two attached hydrogens (primary N) is 2. The molecule has 3 aromatic rings. The van der Waals surface area contributed by atoms with E-state index < -0.39 is 0 Å². The van der Waals surface area contributed by atoms with Gasteiger partial charge in [-0.2, -0.15) is 0 Å². The Balaban J connectivity index is 1.25. The average Bonchev–Trinajstić information content (AvgIpc) is 3.32. The van der Waals surface area contributed by atoms with Gasteiger partial charge >= 0.3 is 0 Å². The van der Waals surface area contributed by atoms with E-state index >= 15 is 0 Å². The fourth-order valence-electron chi connectivity index (χ4n) is 3.95. The first-order valence-electron chi connectivity index (χ1n) is 12.2. The fraction of sp³-hybridized carbons (Fsp3) is 0.462. The maximum atomic E-state index is 12.8. The molecule has 1 fully saturated rings.